The Morgan fingerprint density at radius 3 is 2.33 bits per heavy atom. The number of likely N-dealkylation sites (tertiary alicyclic amines) is 1. The van der Waals surface area contributed by atoms with Gasteiger partial charge in [0.1, 0.15) is 0 Å². The van der Waals surface area contributed by atoms with Gasteiger partial charge in [0.25, 0.3) is 0 Å². The molecule has 1 aromatic carbocycles. The third-order valence-corrected chi connectivity index (χ3v) is 4.33. The summed E-state index contributed by atoms with van der Waals surface area (Å²) in [4.78, 5) is 2.15. The van der Waals surface area contributed by atoms with E-state index < -0.39 is 12.1 Å². The molecule has 0 amide bonds. The van der Waals surface area contributed by atoms with Gasteiger partial charge in [-0.05, 0) is 51.5 Å². The van der Waals surface area contributed by atoms with Crippen LogP contribution in [-0.4, -0.2) is 37.8 Å². The van der Waals surface area contributed by atoms with E-state index in [0.29, 0.717) is 13.1 Å². The lowest BCUT2D eigenvalue weighted by atomic mass is 9.95. The van der Waals surface area contributed by atoms with Crippen molar-refractivity contribution in [3.05, 3.63) is 35.9 Å². The average molecular weight is 300 g/mol. The molecule has 0 aromatic heterocycles. The molecule has 21 heavy (non-hydrogen) atoms. The minimum absolute atomic E-state index is 0.235. The highest BCUT2D eigenvalue weighted by molar-refractivity contribution is 5.18. The average Bonchev–Trinajstić information content (AvgIpc) is 2.48. The molecule has 0 spiro atoms. The Labute approximate surface area is 124 Å². The first kappa shape index (κ1) is 16.3. The number of halogens is 3. The van der Waals surface area contributed by atoms with Crippen molar-refractivity contribution < 1.29 is 13.2 Å². The van der Waals surface area contributed by atoms with Crippen molar-refractivity contribution in [3.8, 4) is 0 Å². The van der Waals surface area contributed by atoms with Crippen LogP contribution in [-0.2, 0) is 0 Å². The van der Waals surface area contributed by atoms with Crippen LogP contribution in [0.1, 0.15) is 30.9 Å². The minimum Gasteiger partial charge on any atom is -0.313 e. The summed E-state index contributed by atoms with van der Waals surface area (Å²) in [5.74, 6) is -1.11. The first-order valence-corrected chi connectivity index (χ1v) is 7.52. The van der Waals surface area contributed by atoms with Gasteiger partial charge in [-0.25, -0.2) is 0 Å². The van der Waals surface area contributed by atoms with Gasteiger partial charge in [0, 0.05) is 6.04 Å². The van der Waals surface area contributed by atoms with Gasteiger partial charge in [0.2, 0.25) is 0 Å². The number of rotatable bonds is 5. The molecular formula is C16H23F3N2. The molecule has 0 bridgehead atoms. The second-order valence-electron chi connectivity index (χ2n) is 5.70. The zero-order valence-corrected chi connectivity index (χ0v) is 12.4. The Morgan fingerprint density at radius 2 is 1.81 bits per heavy atom. The lowest BCUT2D eigenvalue weighted by Gasteiger charge is -2.33. The number of alkyl halides is 3. The Balaban J connectivity index is 1.79. The van der Waals surface area contributed by atoms with Gasteiger partial charge in [0.05, 0.1) is 5.92 Å². The van der Waals surface area contributed by atoms with E-state index in [1.165, 1.54) is 5.56 Å². The predicted octanol–water partition coefficient (Wildman–Crippen LogP) is 3.61. The summed E-state index contributed by atoms with van der Waals surface area (Å²) >= 11 is 0. The molecule has 1 atom stereocenters. The van der Waals surface area contributed by atoms with Crippen LogP contribution in [0.3, 0.4) is 0 Å². The maximum Gasteiger partial charge on any atom is 0.391 e. The molecule has 0 radical (unpaired) electrons. The molecular weight excluding hydrogens is 277 g/mol. The van der Waals surface area contributed by atoms with E-state index in [9.17, 15) is 13.2 Å². The van der Waals surface area contributed by atoms with Crippen LogP contribution in [0.2, 0.25) is 0 Å². The number of nitrogens with one attached hydrogen (secondary N) is 1. The summed E-state index contributed by atoms with van der Waals surface area (Å²) in [6.45, 7) is 1.94. The molecule has 1 aliphatic heterocycles. The monoisotopic (exact) mass is 300 g/mol. The van der Waals surface area contributed by atoms with E-state index in [1.54, 1.807) is 0 Å². The second-order valence-corrected chi connectivity index (χ2v) is 5.70. The van der Waals surface area contributed by atoms with Gasteiger partial charge in [-0.3, -0.25) is 0 Å². The molecule has 5 heteroatoms. The largest absolute Gasteiger partial charge is 0.391 e. The zero-order chi connectivity index (χ0) is 15.3. The summed E-state index contributed by atoms with van der Waals surface area (Å²) in [7, 11) is 1.92. The van der Waals surface area contributed by atoms with Gasteiger partial charge in [0.15, 0.2) is 0 Å². The van der Waals surface area contributed by atoms with E-state index in [-0.39, 0.29) is 18.9 Å². The van der Waals surface area contributed by atoms with Crippen molar-refractivity contribution in [1.29, 1.82) is 0 Å². The summed E-state index contributed by atoms with van der Waals surface area (Å²) in [5.41, 5.74) is 1.23. The summed E-state index contributed by atoms with van der Waals surface area (Å²) < 4.78 is 37.9. The van der Waals surface area contributed by atoms with Gasteiger partial charge in [-0.2, -0.15) is 13.2 Å². The molecule has 1 aliphatic rings. The molecule has 118 valence electrons. The molecule has 1 N–H and O–H groups in total. The molecule has 2 rings (SSSR count). The number of nitrogens with zero attached hydrogens (tertiary/aromatic N) is 1. The molecule has 1 fully saturated rings. The van der Waals surface area contributed by atoms with Gasteiger partial charge in [-0.15, -0.1) is 0 Å². The van der Waals surface area contributed by atoms with Crippen molar-refractivity contribution >= 4 is 0 Å². The van der Waals surface area contributed by atoms with Crippen LogP contribution >= 0.6 is 0 Å². The number of benzene rings is 1. The second kappa shape index (κ2) is 7.27. The fourth-order valence-corrected chi connectivity index (χ4v) is 2.96. The molecule has 1 saturated heterocycles. The maximum atomic E-state index is 12.6. The third-order valence-electron chi connectivity index (χ3n) is 4.33. The molecule has 0 aliphatic carbocycles. The topological polar surface area (TPSA) is 15.3 Å². The van der Waals surface area contributed by atoms with Crippen molar-refractivity contribution in [2.45, 2.75) is 31.5 Å². The number of piperidine rings is 1. The lowest BCUT2D eigenvalue weighted by Crippen LogP contribution is -2.40. The fourth-order valence-electron chi connectivity index (χ4n) is 2.96. The summed E-state index contributed by atoms with van der Waals surface area (Å²) in [5, 5.41) is 3.28. The highest BCUT2D eigenvalue weighted by Crippen LogP contribution is 2.34. The molecule has 1 unspecified atom stereocenters. The van der Waals surface area contributed by atoms with Crippen molar-refractivity contribution in [3.63, 3.8) is 0 Å². The van der Waals surface area contributed by atoms with Crippen molar-refractivity contribution in [1.82, 2.24) is 10.2 Å². The molecule has 1 aromatic rings. The van der Waals surface area contributed by atoms with E-state index in [0.717, 1.165) is 13.0 Å². The Bertz CT molecular complexity index is 411. The van der Waals surface area contributed by atoms with Crippen LogP contribution in [0.25, 0.3) is 0 Å². The van der Waals surface area contributed by atoms with E-state index >= 15 is 0 Å². The van der Waals surface area contributed by atoms with E-state index in [1.807, 2.05) is 25.2 Å². The quantitative estimate of drug-likeness (QED) is 0.893. The van der Waals surface area contributed by atoms with Crippen LogP contribution in [0.15, 0.2) is 30.3 Å². The Kier molecular flexibility index (Phi) is 5.65. The van der Waals surface area contributed by atoms with Gasteiger partial charge < -0.3 is 10.2 Å². The van der Waals surface area contributed by atoms with E-state index in [2.05, 4.69) is 22.3 Å². The fraction of sp³-hybridized carbons (Fsp3) is 0.625. The molecule has 2 nitrogen and oxygen atoms in total. The third kappa shape index (κ3) is 4.71. The number of hydrogen-bond donors (Lipinski definition) is 1. The smallest absolute Gasteiger partial charge is 0.313 e. The van der Waals surface area contributed by atoms with E-state index in [4.69, 9.17) is 0 Å². The van der Waals surface area contributed by atoms with Gasteiger partial charge in [-0.1, -0.05) is 30.3 Å². The Hall–Kier alpha value is -1.07. The molecule has 1 heterocycles. The highest BCUT2D eigenvalue weighted by atomic mass is 19.4. The zero-order valence-electron chi connectivity index (χ0n) is 12.4. The first-order chi connectivity index (χ1) is 10.0. The number of hydrogen-bond acceptors (Lipinski definition) is 2. The highest BCUT2D eigenvalue weighted by Gasteiger charge is 2.40. The van der Waals surface area contributed by atoms with Crippen LogP contribution in [0.4, 0.5) is 13.2 Å². The van der Waals surface area contributed by atoms with Gasteiger partial charge >= 0.3 is 6.18 Å². The van der Waals surface area contributed by atoms with Crippen LogP contribution in [0.5, 0.6) is 0 Å². The maximum absolute atomic E-state index is 12.6. The summed E-state index contributed by atoms with van der Waals surface area (Å²) in [6.07, 6.45) is -2.64. The normalized spacial score (nSPS) is 19.6. The SMILES string of the molecule is CNC(CCN1CCC(C(F)(F)F)CC1)c1ccccc1. The lowest BCUT2D eigenvalue weighted by molar-refractivity contribution is -0.185. The standard InChI is InChI=1S/C16H23F3N2/c1-20-15(13-5-3-2-4-6-13)9-12-21-10-7-14(8-11-21)16(17,18)19/h2-6,14-15,20H,7-12H2,1H3. The van der Waals surface area contributed by atoms with Crippen molar-refractivity contribution in [2.24, 2.45) is 5.92 Å². The van der Waals surface area contributed by atoms with Crippen LogP contribution < -0.4 is 5.32 Å². The molecule has 0 saturated carbocycles. The minimum atomic E-state index is -4.02. The predicted molar refractivity (Wildman–Crippen MR) is 78.1 cm³/mol. The Morgan fingerprint density at radius 1 is 1.19 bits per heavy atom. The van der Waals surface area contributed by atoms with Crippen LogP contribution in [0, 0.1) is 5.92 Å². The summed E-state index contributed by atoms with van der Waals surface area (Å²) in [6, 6.07) is 10.4. The first-order valence-electron chi connectivity index (χ1n) is 7.52. The van der Waals surface area contributed by atoms with Crippen molar-refractivity contribution in [2.75, 3.05) is 26.7 Å².